The SMILES string of the molecule is CN=C(NCC(=O)NC1CCCCC1)N1CCN(c2ccccc2OC)CC1. The number of nitrogens with one attached hydrogen (secondary N) is 2. The Balaban J connectivity index is 1.46. The Hall–Kier alpha value is -2.44. The Kier molecular flexibility index (Phi) is 7.39. The standard InChI is InChI=1S/C21H33N5O2/c1-22-21(23-16-20(27)24-17-8-4-3-5-9-17)26-14-12-25(13-15-26)18-10-6-7-11-19(18)28-2/h6-7,10-11,17H,3-5,8-9,12-16H2,1-2H3,(H,22,23)(H,24,27). The van der Waals surface area contributed by atoms with E-state index >= 15 is 0 Å². The summed E-state index contributed by atoms with van der Waals surface area (Å²) in [6, 6.07) is 8.46. The van der Waals surface area contributed by atoms with Crippen LogP contribution >= 0.6 is 0 Å². The monoisotopic (exact) mass is 387 g/mol. The van der Waals surface area contributed by atoms with Crippen LogP contribution in [-0.2, 0) is 4.79 Å². The average Bonchev–Trinajstić information content (AvgIpc) is 2.75. The number of rotatable bonds is 5. The van der Waals surface area contributed by atoms with Crippen LogP contribution in [0.4, 0.5) is 5.69 Å². The van der Waals surface area contributed by atoms with Crippen molar-refractivity contribution in [3.63, 3.8) is 0 Å². The van der Waals surface area contributed by atoms with Crippen LogP contribution in [0.15, 0.2) is 29.3 Å². The van der Waals surface area contributed by atoms with Gasteiger partial charge >= 0.3 is 0 Å². The maximum Gasteiger partial charge on any atom is 0.239 e. The third-order valence-corrected chi connectivity index (χ3v) is 5.59. The predicted octanol–water partition coefficient (Wildman–Crippen LogP) is 1.84. The highest BCUT2D eigenvalue weighted by atomic mass is 16.5. The highest BCUT2D eigenvalue weighted by Crippen LogP contribution is 2.28. The van der Waals surface area contributed by atoms with Crippen molar-refractivity contribution in [2.45, 2.75) is 38.1 Å². The fourth-order valence-electron chi connectivity index (χ4n) is 4.07. The van der Waals surface area contributed by atoms with Crippen LogP contribution in [0, 0.1) is 0 Å². The van der Waals surface area contributed by atoms with Gasteiger partial charge in [-0.15, -0.1) is 0 Å². The second-order valence-corrected chi connectivity index (χ2v) is 7.45. The van der Waals surface area contributed by atoms with Crippen molar-refractivity contribution in [2.24, 2.45) is 4.99 Å². The van der Waals surface area contributed by atoms with Crippen LogP contribution in [0.3, 0.4) is 0 Å². The van der Waals surface area contributed by atoms with Crippen molar-refractivity contribution < 1.29 is 9.53 Å². The summed E-state index contributed by atoms with van der Waals surface area (Å²) in [6.45, 7) is 3.74. The summed E-state index contributed by atoms with van der Waals surface area (Å²) >= 11 is 0. The van der Waals surface area contributed by atoms with E-state index in [1.54, 1.807) is 14.2 Å². The zero-order valence-electron chi connectivity index (χ0n) is 17.1. The van der Waals surface area contributed by atoms with Crippen molar-refractivity contribution in [2.75, 3.05) is 51.8 Å². The highest BCUT2D eigenvalue weighted by Gasteiger charge is 2.22. The number of methoxy groups -OCH3 is 1. The number of para-hydroxylation sites is 2. The van der Waals surface area contributed by atoms with Crippen molar-refractivity contribution in [1.29, 1.82) is 0 Å². The molecule has 0 radical (unpaired) electrons. The zero-order chi connectivity index (χ0) is 19.8. The number of hydrogen-bond acceptors (Lipinski definition) is 4. The number of aliphatic imine (C=N–C) groups is 1. The van der Waals surface area contributed by atoms with Gasteiger partial charge in [0.1, 0.15) is 5.75 Å². The molecule has 1 aliphatic carbocycles. The normalized spacial score (nSPS) is 18.7. The van der Waals surface area contributed by atoms with E-state index in [1.165, 1.54) is 19.3 Å². The summed E-state index contributed by atoms with van der Waals surface area (Å²) in [6.07, 6.45) is 5.93. The molecule has 0 bridgehead atoms. The topological polar surface area (TPSA) is 69.2 Å². The highest BCUT2D eigenvalue weighted by molar-refractivity contribution is 5.86. The zero-order valence-corrected chi connectivity index (χ0v) is 17.1. The first kappa shape index (κ1) is 20.3. The molecule has 1 aliphatic heterocycles. The number of carbonyl (C=O) groups excluding carboxylic acids is 1. The molecule has 0 spiro atoms. The quantitative estimate of drug-likeness (QED) is 0.596. The van der Waals surface area contributed by atoms with Gasteiger partial charge < -0.3 is 25.2 Å². The van der Waals surface area contributed by atoms with E-state index in [9.17, 15) is 4.79 Å². The van der Waals surface area contributed by atoms with E-state index in [4.69, 9.17) is 4.74 Å². The summed E-state index contributed by atoms with van der Waals surface area (Å²) in [5.41, 5.74) is 1.12. The fraction of sp³-hybridized carbons (Fsp3) is 0.619. The molecule has 7 nitrogen and oxygen atoms in total. The molecule has 3 rings (SSSR count). The van der Waals surface area contributed by atoms with Crippen LogP contribution in [-0.4, -0.2) is 69.7 Å². The Morgan fingerprint density at radius 1 is 1.14 bits per heavy atom. The Morgan fingerprint density at radius 3 is 2.54 bits per heavy atom. The fourth-order valence-corrected chi connectivity index (χ4v) is 4.07. The number of nitrogens with zero attached hydrogens (tertiary/aromatic N) is 3. The van der Waals surface area contributed by atoms with Crippen LogP contribution in [0.1, 0.15) is 32.1 Å². The molecule has 2 aliphatic rings. The molecule has 0 atom stereocenters. The smallest absolute Gasteiger partial charge is 0.239 e. The molecule has 154 valence electrons. The van der Waals surface area contributed by atoms with Gasteiger partial charge in [0.05, 0.1) is 19.3 Å². The molecule has 0 unspecified atom stereocenters. The first-order valence-corrected chi connectivity index (χ1v) is 10.3. The molecule has 1 amide bonds. The van der Waals surface area contributed by atoms with Crippen LogP contribution < -0.4 is 20.3 Å². The van der Waals surface area contributed by atoms with Crippen molar-refractivity contribution in [3.05, 3.63) is 24.3 Å². The minimum Gasteiger partial charge on any atom is -0.495 e. The number of carbonyl (C=O) groups is 1. The summed E-state index contributed by atoms with van der Waals surface area (Å²) < 4.78 is 5.49. The van der Waals surface area contributed by atoms with E-state index in [0.29, 0.717) is 6.04 Å². The lowest BCUT2D eigenvalue weighted by Gasteiger charge is -2.38. The van der Waals surface area contributed by atoms with E-state index in [2.05, 4.69) is 31.5 Å². The second kappa shape index (κ2) is 10.2. The van der Waals surface area contributed by atoms with Crippen LogP contribution in [0.2, 0.25) is 0 Å². The third kappa shape index (κ3) is 5.30. The lowest BCUT2D eigenvalue weighted by molar-refractivity contribution is -0.120. The molecule has 1 saturated carbocycles. The molecule has 1 heterocycles. The molecular formula is C21H33N5O2. The largest absolute Gasteiger partial charge is 0.495 e. The molecule has 2 fully saturated rings. The second-order valence-electron chi connectivity index (χ2n) is 7.45. The van der Waals surface area contributed by atoms with Crippen LogP contribution in [0.25, 0.3) is 0 Å². The minimum absolute atomic E-state index is 0.0562. The number of amides is 1. The molecule has 2 N–H and O–H groups in total. The predicted molar refractivity (Wildman–Crippen MR) is 113 cm³/mol. The van der Waals surface area contributed by atoms with Gasteiger partial charge in [-0.25, -0.2) is 0 Å². The first-order valence-electron chi connectivity index (χ1n) is 10.3. The summed E-state index contributed by atoms with van der Waals surface area (Å²) in [5, 5.41) is 6.37. The van der Waals surface area contributed by atoms with E-state index < -0.39 is 0 Å². The van der Waals surface area contributed by atoms with Gasteiger partial charge in [0.25, 0.3) is 0 Å². The van der Waals surface area contributed by atoms with Gasteiger partial charge in [-0.1, -0.05) is 31.4 Å². The summed E-state index contributed by atoms with van der Waals surface area (Å²) in [5.74, 6) is 1.75. The van der Waals surface area contributed by atoms with Crippen molar-refractivity contribution in [3.8, 4) is 5.75 Å². The number of piperazine rings is 1. The van der Waals surface area contributed by atoms with Gasteiger partial charge in [-0.3, -0.25) is 9.79 Å². The molecule has 0 aromatic heterocycles. The summed E-state index contributed by atoms with van der Waals surface area (Å²) in [7, 11) is 3.48. The number of anilines is 1. The van der Waals surface area contributed by atoms with Gasteiger partial charge in [0.15, 0.2) is 5.96 Å². The number of guanidine groups is 1. The molecule has 7 heteroatoms. The molecule has 1 saturated heterocycles. The molecule has 28 heavy (non-hydrogen) atoms. The number of hydrogen-bond donors (Lipinski definition) is 2. The third-order valence-electron chi connectivity index (χ3n) is 5.59. The maximum absolute atomic E-state index is 12.3. The summed E-state index contributed by atoms with van der Waals surface area (Å²) in [4.78, 5) is 21.2. The van der Waals surface area contributed by atoms with Crippen molar-refractivity contribution >= 4 is 17.6 Å². The number of benzene rings is 1. The number of ether oxygens (including phenoxy) is 1. The van der Waals surface area contributed by atoms with Gasteiger partial charge in [0, 0.05) is 39.3 Å². The lowest BCUT2D eigenvalue weighted by Crippen LogP contribution is -2.54. The van der Waals surface area contributed by atoms with Gasteiger partial charge in [-0.2, -0.15) is 0 Å². The van der Waals surface area contributed by atoms with Gasteiger partial charge in [0.2, 0.25) is 5.91 Å². The Bertz CT molecular complexity index is 665. The van der Waals surface area contributed by atoms with Gasteiger partial charge in [-0.05, 0) is 25.0 Å². The maximum atomic E-state index is 12.3. The Labute approximate surface area is 168 Å². The van der Waals surface area contributed by atoms with Crippen LogP contribution in [0.5, 0.6) is 5.75 Å². The van der Waals surface area contributed by atoms with E-state index in [-0.39, 0.29) is 12.5 Å². The first-order chi connectivity index (χ1) is 13.7. The molecule has 1 aromatic carbocycles. The Morgan fingerprint density at radius 2 is 1.86 bits per heavy atom. The molecular weight excluding hydrogens is 354 g/mol. The van der Waals surface area contributed by atoms with E-state index in [0.717, 1.165) is 56.4 Å². The van der Waals surface area contributed by atoms with E-state index in [1.807, 2.05) is 18.2 Å². The van der Waals surface area contributed by atoms with Crippen molar-refractivity contribution in [1.82, 2.24) is 15.5 Å². The average molecular weight is 388 g/mol. The minimum atomic E-state index is 0.0562. The lowest BCUT2D eigenvalue weighted by atomic mass is 9.95. The molecule has 1 aromatic rings.